The average molecular weight is 198 g/mol. The number of allylic oxidation sites excluding steroid dienone is 2. The highest BCUT2D eigenvalue weighted by Gasteiger charge is 2.02. The van der Waals surface area contributed by atoms with Crippen molar-refractivity contribution < 1.29 is 4.74 Å². The highest BCUT2D eigenvalue weighted by atomic mass is 16.5. The molecule has 1 atom stereocenters. The predicted molar refractivity (Wildman–Crippen MR) is 60.6 cm³/mol. The van der Waals surface area contributed by atoms with E-state index in [1.54, 1.807) is 6.92 Å². The summed E-state index contributed by atoms with van der Waals surface area (Å²) in [7, 11) is 0. The van der Waals surface area contributed by atoms with Crippen LogP contribution in [0.4, 0.5) is 0 Å². The van der Waals surface area contributed by atoms with Crippen molar-refractivity contribution in [3.05, 3.63) is 11.6 Å². The quantitative estimate of drug-likeness (QED) is 0.298. The van der Waals surface area contributed by atoms with Crippen molar-refractivity contribution in [2.45, 2.75) is 46.1 Å². The van der Waals surface area contributed by atoms with E-state index in [1.807, 2.05) is 0 Å². The Kier molecular flexibility index (Phi) is 7.11. The van der Waals surface area contributed by atoms with Crippen LogP contribution in [0.15, 0.2) is 11.6 Å². The third-order valence-electron chi connectivity index (χ3n) is 1.82. The third kappa shape index (κ3) is 7.80. The lowest BCUT2D eigenvalue weighted by Crippen LogP contribution is -2.28. The monoisotopic (exact) mass is 198 g/mol. The summed E-state index contributed by atoms with van der Waals surface area (Å²) in [5, 5.41) is 7.33. The van der Waals surface area contributed by atoms with Gasteiger partial charge in [-0.2, -0.15) is 0 Å². The molecule has 0 bridgehead atoms. The zero-order chi connectivity index (χ0) is 11.0. The molecule has 14 heavy (non-hydrogen) atoms. The van der Waals surface area contributed by atoms with E-state index < -0.39 is 0 Å². The van der Waals surface area contributed by atoms with E-state index in [-0.39, 0.29) is 11.9 Å². The predicted octanol–water partition coefficient (Wildman–Crippen LogP) is 2.46. The van der Waals surface area contributed by atoms with Crippen molar-refractivity contribution in [2.24, 2.45) is 5.73 Å². The molecular formula is C11H22N2O. The fourth-order valence-corrected chi connectivity index (χ4v) is 0.951. The van der Waals surface area contributed by atoms with Gasteiger partial charge in [-0.05, 0) is 40.0 Å². The van der Waals surface area contributed by atoms with E-state index in [0.717, 1.165) is 19.3 Å². The SMILES string of the molecule is CC(C)=CCCCCOC(=N)C(C)N. The van der Waals surface area contributed by atoms with Crippen LogP contribution in [0, 0.1) is 5.41 Å². The van der Waals surface area contributed by atoms with Gasteiger partial charge in [-0.3, -0.25) is 5.41 Å². The molecular weight excluding hydrogens is 176 g/mol. The number of nitrogens with one attached hydrogen (secondary N) is 1. The molecule has 0 spiro atoms. The largest absolute Gasteiger partial charge is 0.480 e. The van der Waals surface area contributed by atoms with E-state index in [0.29, 0.717) is 6.61 Å². The zero-order valence-electron chi connectivity index (χ0n) is 9.47. The molecule has 0 rings (SSSR count). The van der Waals surface area contributed by atoms with Crippen LogP contribution in [0.25, 0.3) is 0 Å². The average Bonchev–Trinajstić information content (AvgIpc) is 2.09. The van der Waals surface area contributed by atoms with E-state index in [1.165, 1.54) is 5.57 Å². The van der Waals surface area contributed by atoms with Crippen LogP contribution in [0.3, 0.4) is 0 Å². The first kappa shape index (κ1) is 13.2. The Morgan fingerprint density at radius 2 is 2.07 bits per heavy atom. The van der Waals surface area contributed by atoms with Crippen LogP contribution in [-0.4, -0.2) is 18.5 Å². The lowest BCUT2D eigenvalue weighted by Gasteiger charge is -2.09. The van der Waals surface area contributed by atoms with E-state index in [2.05, 4.69) is 19.9 Å². The number of rotatable bonds is 6. The maximum Gasteiger partial charge on any atom is 0.197 e. The standard InChI is InChI=1S/C11H22N2O/c1-9(2)7-5-4-6-8-14-11(13)10(3)12/h7,10,13H,4-6,8,12H2,1-3H3. The Morgan fingerprint density at radius 1 is 1.43 bits per heavy atom. The summed E-state index contributed by atoms with van der Waals surface area (Å²) in [6, 6.07) is -0.284. The van der Waals surface area contributed by atoms with Gasteiger partial charge >= 0.3 is 0 Å². The van der Waals surface area contributed by atoms with Crippen LogP contribution in [0.5, 0.6) is 0 Å². The van der Waals surface area contributed by atoms with Gasteiger partial charge < -0.3 is 10.5 Å². The molecule has 0 saturated heterocycles. The molecule has 0 aliphatic heterocycles. The number of hydrogen-bond acceptors (Lipinski definition) is 3. The van der Waals surface area contributed by atoms with Gasteiger partial charge in [-0.1, -0.05) is 11.6 Å². The van der Waals surface area contributed by atoms with Gasteiger partial charge in [0.05, 0.1) is 12.6 Å². The number of nitrogens with two attached hydrogens (primary N) is 1. The summed E-state index contributed by atoms with van der Waals surface area (Å²) in [5.74, 6) is 0.187. The molecule has 0 radical (unpaired) electrons. The fourth-order valence-electron chi connectivity index (χ4n) is 0.951. The van der Waals surface area contributed by atoms with Crippen molar-refractivity contribution >= 4 is 5.90 Å². The Balaban J connectivity index is 3.30. The Bertz CT molecular complexity index is 193. The van der Waals surface area contributed by atoms with Gasteiger partial charge in [0.15, 0.2) is 5.90 Å². The van der Waals surface area contributed by atoms with Crippen LogP contribution in [-0.2, 0) is 4.74 Å². The number of unbranched alkanes of at least 4 members (excludes halogenated alkanes) is 2. The van der Waals surface area contributed by atoms with E-state index in [4.69, 9.17) is 15.9 Å². The number of hydrogen-bond donors (Lipinski definition) is 2. The van der Waals surface area contributed by atoms with Gasteiger partial charge in [-0.15, -0.1) is 0 Å². The first-order valence-electron chi connectivity index (χ1n) is 5.14. The molecule has 0 saturated carbocycles. The molecule has 0 aliphatic carbocycles. The highest BCUT2D eigenvalue weighted by Crippen LogP contribution is 2.01. The smallest absolute Gasteiger partial charge is 0.197 e. The molecule has 82 valence electrons. The second-order valence-corrected chi connectivity index (χ2v) is 3.78. The third-order valence-corrected chi connectivity index (χ3v) is 1.82. The molecule has 1 unspecified atom stereocenters. The molecule has 0 aromatic rings. The van der Waals surface area contributed by atoms with Crippen molar-refractivity contribution in [1.82, 2.24) is 0 Å². The summed E-state index contributed by atoms with van der Waals surface area (Å²) in [4.78, 5) is 0. The molecule has 0 heterocycles. The van der Waals surface area contributed by atoms with E-state index >= 15 is 0 Å². The molecule has 3 nitrogen and oxygen atoms in total. The first-order chi connectivity index (χ1) is 6.54. The van der Waals surface area contributed by atoms with Gasteiger partial charge in [-0.25, -0.2) is 0 Å². The number of ether oxygens (including phenoxy) is 1. The van der Waals surface area contributed by atoms with Crippen molar-refractivity contribution in [1.29, 1.82) is 5.41 Å². The van der Waals surface area contributed by atoms with Crippen molar-refractivity contribution in [3.8, 4) is 0 Å². The molecule has 0 aliphatic rings. The Morgan fingerprint density at radius 3 is 2.57 bits per heavy atom. The summed E-state index contributed by atoms with van der Waals surface area (Å²) in [6.45, 7) is 6.56. The van der Waals surface area contributed by atoms with Crippen molar-refractivity contribution in [2.75, 3.05) is 6.61 Å². The van der Waals surface area contributed by atoms with Gasteiger partial charge in [0, 0.05) is 0 Å². The Hall–Kier alpha value is -0.830. The molecule has 0 aromatic heterocycles. The lowest BCUT2D eigenvalue weighted by molar-refractivity contribution is 0.280. The minimum Gasteiger partial charge on any atom is -0.480 e. The minimum absolute atomic E-state index is 0.187. The molecule has 3 N–H and O–H groups in total. The topological polar surface area (TPSA) is 59.1 Å². The summed E-state index contributed by atoms with van der Waals surface area (Å²) in [6.07, 6.45) is 5.41. The van der Waals surface area contributed by atoms with Crippen LogP contribution >= 0.6 is 0 Å². The van der Waals surface area contributed by atoms with Gasteiger partial charge in [0.2, 0.25) is 0 Å². The maximum absolute atomic E-state index is 7.33. The summed E-state index contributed by atoms with van der Waals surface area (Å²) >= 11 is 0. The second kappa shape index (κ2) is 7.56. The molecule has 0 aromatic carbocycles. The second-order valence-electron chi connectivity index (χ2n) is 3.78. The first-order valence-corrected chi connectivity index (χ1v) is 5.14. The summed E-state index contributed by atoms with van der Waals surface area (Å²) in [5.41, 5.74) is 6.81. The normalized spacial score (nSPS) is 12.0. The molecule has 0 amide bonds. The Labute approximate surface area is 86.8 Å². The molecule has 0 fully saturated rings. The minimum atomic E-state index is -0.284. The molecule has 3 heteroatoms. The fraction of sp³-hybridized carbons (Fsp3) is 0.727. The van der Waals surface area contributed by atoms with Gasteiger partial charge in [0.25, 0.3) is 0 Å². The van der Waals surface area contributed by atoms with Crippen molar-refractivity contribution in [3.63, 3.8) is 0 Å². The summed E-state index contributed by atoms with van der Waals surface area (Å²) < 4.78 is 5.15. The highest BCUT2D eigenvalue weighted by molar-refractivity contribution is 5.77. The van der Waals surface area contributed by atoms with E-state index in [9.17, 15) is 0 Å². The lowest BCUT2D eigenvalue weighted by atomic mass is 10.2. The van der Waals surface area contributed by atoms with Crippen LogP contribution in [0.1, 0.15) is 40.0 Å². The van der Waals surface area contributed by atoms with Gasteiger partial charge in [0.1, 0.15) is 0 Å². The van der Waals surface area contributed by atoms with Crippen LogP contribution in [0.2, 0.25) is 0 Å². The zero-order valence-corrected chi connectivity index (χ0v) is 9.47. The van der Waals surface area contributed by atoms with Crippen LogP contribution < -0.4 is 5.73 Å². The maximum atomic E-state index is 7.33.